The molecular formula is C21H20Cl2N6O6S. The van der Waals surface area contributed by atoms with E-state index in [0.29, 0.717) is 21.3 Å². The van der Waals surface area contributed by atoms with Crippen LogP contribution >= 0.6 is 23.2 Å². The van der Waals surface area contributed by atoms with Crippen LogP contribution in [0.5, 0.6) is 0 Å². The molecule has 0 aliphatic carbocycles. The molecule has 0 bridgehead atoms. The summed E-state index contributed by atoms with van der Waals surface area (Å²) in [4.78, 5) is 35.2. The Bertz CT molecular complexity index is 1370. The Morgan fingerprint density at radius 2 is 1.72 bits per heavy atom. The van der Waals surface area contributed by atoms with E-state index in [2.05, 4.69) is 25.6 Å². The molecule has 3 N–H and O–H groups in total. The third-order valence-corrected chi connectivity index (χ3v) is 7.05. The average Bonchev–Trinajstić information content (AvgIpc) is 3.22. The summed E-state index contributed by atoms with van der Waals surface area (Å²) in [5.41, 5.74) is 0.888. The van der Waals surface area contributed by atoms with Crippen molar-refractivity contribution in [3.63, 3.8) is 0 Å². The Morgan fingerprint density at radius 1 is 1.08 bits per heavy atom. The molecule has 15 heteroatoms. The van der Waals surface area contributed by atoms with Crippen molar-refractivity contribution >= 4 is 56.6 Å². The highest BCUT2D eigenvalue weighted by Crippen LogP contribution is 2.26. The van der Waals surface area contributed by atoms with Crippen molar-refractivity contribution in [2.24, 2.45) is 0 Å². The first-order valence-corrected chi connectivity index (χ1v) is 12.5. The predicted molar refractivity (Wildman–Crippen MR) is 129 cm³/mol. The molecule has 190 valence electrons. The minimum Gasteiger partial charge on any atom is -0.481 e. The van der Waals surface area contributed by atoms with Gasteiger partial charge in [0.05, 0.1) is 17.4 Å². The van der Waals surface area contributed by atoms with Crippen LogP contribution in [0.2, 0.25) is 10.0 Å². The molecule has 1 amide bonds. The van der Waals surface area contributed by atoms with Gasteiger partial charge < -0.3 is 10.4 Å². The zero-order valence-corrected chi connectivity index (χ0v) is 21.0. The number of carbonyl (C=O) groups excluding carboxylic acids is 2. The van der Waals surface area contributed by atoms with E-state index in [1.807, 2.05) is 0 Å². The molecule has 0 saturated heterocycles. The van der Waals surface area contributed by atoms with Crippen LogP contribution in [0.4, 0.5) is 5.69 Å². The Morgan fingerprint density at radius 3 is 2.31 bits per heavy atom. The number of tetrazole rings is 1. The van der Waals surface area contributed by atoms with Gasteiger partial charge in [0.1, 0.15) is 6.54 Å². The molecule has 1 heterocycles. The summed E-state index contributed by atoms with van der Waals surface area (Å²) >= 11 is 12.4. The predicted octanol–water partition coefficient (Wildman–Crippen LogP) is 1.92. The van der Waals surface area contributed by atoms with Gasteiger partial charge in [-0.2, -0.15) is 4.72 Å². The summed E-state index contributed by atoms with van der Waals surface area (Å²) in [5, 5.41) is 23.6. The largest absolute Gasteiger partial charge is 0.481 e. The van der Waals surface area contributed by atoms with Gasteiger partial charge in [-0.05, 0) is 52.4 Å². The molecule has 0 aliphatic rings. The number of carboxylic acid groups (broad SMARTS) is 1. The quantitative estimate of drug-likeness (QED) is 0.319. The first-order valence-electron chi connectivity index (χ1n) is 10.3. The van der Waals surface area contributed by atoms with Crippen LogP contribution in [0, 0.1) is 0 Å². The van der Waals surface area contributed by atoms with Gasteiger partial charge in [-0.3, -0.25) is 14.4 Å². The Labute approximate surface area is 215 Å². The van der Waals surface area contributed by atoms with Crippen molar-refractivity contribution in [3.8, 4) is 0 Å². The number of anilines is 1. The average molecular weight is 555 g/mol. The van der Waals surface area contributed by atoms with Crippen molar-refractivity contribution in [2.45, 2.75) is 37.2 Å². The lowest BCUT2D eigenvalue weighted by Crippen LogP contribution is -2.43. The number of aromatic nitrogens is 4. The summed E-state index contributed by atoms with van der Waals surface area (Å²) in [5.74, 6) is -2.30. The highest BCUT2D eigenvalue weighted by molar-refractivity contribution is 7.89. The van der Waals surface area contributed by atoms with Crippen molar-refractivity contribution < 1.29 is 27.9 Å². The summed E-state index contributed by atoms with van der Waals surface area (Å²) in [6.45, 7) is 0.791. The number of rotatable bonds is 11. The van der Waals surface area contributed by atoms with Crippen molar-refractivity contribution in [2.75, 3.05) is 5.32 Å². The number of hydrogen-bond donors (Lipinski definition) is 3. The van der Waals surface area contributed by atoms with Crippen LogP contribution in [0.25, 0.3) is 0 Å². The number of carbonyl (C=O) groups is 3. The number of nitrogens with zero attached hydrogens (tertiary/aromatic N) is 4. The monoisotopic (exact) mass is 554 g/mol. The molecule has 3 rings (SSSR count). The standard InChI is InChI=1S/C21H20Cl2N6O6S/c1-12(30)24-13-5-7-14(8-6-13)36(34,35)26-18(10-21(32)33)19(31)11-29-20(25-27-28-29)9-15-16(22)3-2-4-17(15)23/h2-8,18,26H,9-11H2,1H3,(H,24,30)(H,32,33). The third-order valence-electron chi connectivity index (χ3n) is 4.86. The molecule has 0 saturated carbocycles. The maximum absolute atomic E-state index is 13.0. The van der Waals surface area contributed by atoms with Gasteiger partial charge in [0.25, 0.3) is 0 Å². The zero-order valence-electron chi connectivity index (χ0n) is 18.7. The molecular weight excluding hydrogens is 535 g/mol. The lowest BCUT2D eigenvalue weighted by Gasteiger charge is -2.17. The fourth-order valence-electron chi connectivity index (χ4n) is 3.16. The van der Waals surface area contributed by atoms with Crippen molar-refractivity contribution in [3.05, 3.63) is 63.9 Å². The number of sulfonamides is 1. The highest BCUT2D eigenvalue weighted by Gasteiger charge is 2.29. The van der Waals surface area contributed by atoms with Crippen LogP contribution in [-0.2, 0) is 37.4 Å². The topological polar surface area (TPSA) is 173 Å². The maximum atomic E-state index is 13.0. The molecule has 3 aromatic rings. The van der Waals surface area contributed by atoms with E-state index in [-0.39, 0.29) is 23.0 Å². The summed E-state index contributed by atoms with van der Waals surface area (Å²) in [7, 11) is -4.29. The Hall–Kier alpha value is -3.39. The third kappa shape index (κ3) is 7.07. The van der Waals surface area contributed by atoms with Gasteiger partial charge >= 0.3 is 5.97 Å². The van der Waals surface area contributed by atoms with Crippen molar-refractivity contribution in [1.29, 1.82) is 0 Å². The number of Topliss-reactive ketones (excluding diaryl/α,β-unsaturated/α-hetero) is 1. The number of amides is 1. The first-order chi connectivity index (χ1) is 17.0. The van der Waals surface area contributed by atoms with E-state index in [1.165, 1.54) is 31.2 Å². The number of aliphatic carboxylic acids is 1. The first kappa shape index (κ1) is 27.2. The number of hydrogen-bond acceptors (Lipinski definition) is 8. The minimum atomic E-state index is -4.29. The van der Waals surface area contributed by atoms with E-state index in [4.69, 9.17) is 23.2 Å². The molecule has 2 aromatic carbocycles. The van der Waals surface area contributed by atoms with Crippen LogP contribution < -0.4 is 10.0 Å². The summed E-state index contributed by atoms with van der Waals surface area (Å²) in [6.07, 6.45) is -0.732. The summed E-state index contributed by atoms with van der Waals surface area (Å²) in [6, 6.07) is 8.45. The van der Waals surface area contributed by atoms with E-state index in [9.17, 15) is 27.9 Å². The van der Waals surface area contributed by atoms with Crippen LogP contribution in [0.3, 0.4) is 0 Å². The van der Waals surface area contributed by atoms with Gasteiger partial charge in [-0.15, -0.1) is 5.10 Å². The van der Waals surface area contributed by atoms with Gasteiger partial charge in [0, 0.05) is 29.1 Å². The smallest absolute Gasteiger partial charge is 0.305 e. The number of nitrogens with one attached hydrogen (secondary N) is 2. The van der Waals surface area contributed by atoms with Gasteiger partial charge in [0.2, 0.25) is 15.9 Å². The molecule has 1 aromatic heterocycles. The number of ketones is 1. The molecule has 12 nitrogen and oxygen atoms in total. The molecule has 0 fully saturated rings. The normalized spacial score (nSPS) is 12.2. The Kier molecular flexibility index (Phi) is 8.74. The van der Waals surface area contributed by atoms with Crippen LogP contribution in [-0.4, -0.2) is 57.4 Å². The molecule has 0 aliphatic heterocycles. The molecule has 1 unspecified atom stereocenters. The molecule has 0 spiro atoms. The van der Waals surface area contributed by atoms with E-state index in [1.54, 1.807) is 18.2 Å². The van der Waals surface area contributed by atoms with Crippen LogP contribution in [0.1, 0.15) is 24.7 Å². The van der Waals surface area contributed by atoms with Gasteiger partial charge in [-0.1, -0.05) is 29.3 Å². The van der Waals surface area contributed by atoms with Crippen molar-refractivity contribution in [1.82, 2.24) is 24.9 Å². The van der Waals surface area contributed by atoms with Gasteiger partial charge in [-0.25, -0.2) is 13.1 Å². The highest BCUT2D eigenvalue weighted by atomic mass is 35.5. The second-order valence-electron chi connectivity index (χ2n) is 7.57. The second kappa shape index (κ2) is 11.6. The zero-order chi connectivity index (χ0) is 26.5. The van der Waals surface area contributed by atoms with E-state index in [0.717, 1.165) is 4.68 Å². The molecule has 1 atom stereocenters. The number of carboxylic acids is 1. The molecule has 0 radical (unpaired) electrons. The van der Waals surface area contributed by atoms with Gasteiger partial charge in [0.15, 0.2) is 11.6 Å². The van der Waals surface area contributed by atoms with E-state index < -0.39 is 40.8 Å². The van der Waals surface area contributed by atoms with Crippen LogP contribution in [0.15, 0.2) is 47.4 Å². The SMILES string of the molecule is CC(=O)Nc1ccc(S(=O)(=O)NC(CC(=O)O)C(=O)Cn2nnnc2Cc2c(Cl)cccc2Cl)cc1. The number of benzene rings is 2. The molecule has 36 heavy (non-hydrogen) atoms. The number of halogens is 2. The minimum absolute atomic E-state index is 0.0781. The Balaban J connectivity index is 1.79. The fourth-order valence-corrected chi connectivity index (χ4v) is 4.91. The second-order valence-corrected chi connectivity index (χ2v) is 10.1. The maximum Gasteiger partial charge on any atom is 0.305 e. The lowest BCUT2D eigenvalue weighted by molar-refractivity contribution is -0.139. The fraction of sp³-hybridized carbons (Fsp3) is 0.238. The van der Waals surface area contributed by atoms with E-state index >= 15 is 0 Å². The summed E-state index contributed by atoms with van der Waals surface area (Å²) < 4.78 is 28.9. The lowest BCUT2D eigenvalue weighted by atomic mass is 10.1.